The van der Waals surface area contributed by atoms with E-state index in [1.807, 2.05) is 12.1 Å². The number of aromatic nitrogens is 3. The van der Waals surface area contributed by atoms with Gasteiger partial charge in [0.15, 0.2) is 5.01 Å². The summed E-state index contributed by atoms with van der Waals surface area (Å²) in [5, 5.41) is 9.21. The Morgan fingerprint density at radius 2 is 2.33 bits per heavy atom. The fourth-order valence-corrected chi connectivity index (χ4v) is 1.77. The smallest absolute Gasteiger partial charge is 0.215 e. The molecule has 0 spiro atoms. The molecule has 0 aliphatic heterocycles. The lowest BCUT2D eigenvalue weighted by atomic mass is 10.3. The molecule has 0 atom stereocenters. The van der Waals surface area contributed by atoms with Crippen molar-refractivity contribution >= 4 is 22.9 Å². The third-order valence-electron chi connectivity index (χ3n) is 1.78. The maximum Gasteiger partial charge on any atom is 0.215 e. The summed E-state index contributed by atoms with van der Waals surface area (Å²) in [6, 6.07) is 3.73. The van der Waals surface area contributed by atoms with Gasteiger partial charge in [-0.1, -0.05) is 11.3 Å². The first kappa shape index (κ1) is 9.72. The first-order valence-electron chi connectivity index (χ1n) is 4.23. The zero-order valence-electron chi connectivity index (χ0n) is 7.99. The molecule has 2 rings (SSSR count). The number of carbonyl (C=O) groups excluding carboxylic acids is 1. The van der Waals surface area contributed by atoms with Gasteiger partial charge in [-0.05, 0) is 12.1 Å². The van der Waals surface area contributed by atoms with Crippen LogP contribution >= 0.6 is 11.3 Å². The summed E-state index contributed by atoms with van der Waals surface area (Å²) in [6.07, 6.45) is 4.11. The fourth-order valence-electron chi connectivity index (χ4n) is 1.01. The van der Waals surface area contributed by atoms with Gasteiger partial charge in [-0.2, -0.15) is 0 Å². The van der Waals surface area contributed by atoms with Gasteiger partial charge >= 0.3 is 0 Å². The molecule has 0 saturated heterocycles. The van der Waals surface area contributed by atoms with Crippen molar-refractivity contribution in [2.24, 2.45) is 0 Å². The lowest BCUT2D eigenvalue weighted by Gasteiger charge is -2.01. The SMILES string of the molecule is CN(C=O)c1nnc(-c2cccnc2)s1. The van der Waals surface area contributed by atoms with Crippen molar-refractivity contribution in [2.45, 2.75) is 0 Å². The Morgan fingerprint density at radius 1 is 1.47 bits per heavy atom. The molecule has 0 aliphatic carbocycles. The van der Waals surface area contributed by atoms with Gasteiger partial charge in [-0.15, -0.1) is 10.2 Å². The Morgan fingerprint density at radius 3 is 3.00 bits per heavy atom. The van der Waals surface area contributed by atoms with Crippen molar-refractivity contribution in [2.75, 3.05) is 11.9 Å². The lowest BCUT2D eigenvalue weighted by molar-refractivity contribution is -0.107. The summed E-state index contributed by atoms with van der Waals surface area (Å²) >= 11 is 1.35. The Balaban J connectivity index is 2.32. The molecule has 2 heterocycles. The molecule has 5 nitrogen and oxygen atoms in total. The monoisotopic (exact) mass is 220 g/mol. The van der Waals surface area contributed by atoms with Crippen LogP contribution in [0.3, 0.4) is 0 Å². The van der Waals surface area contributed by atoms with Crippen LogP contribution in [0.25, 0.3) is 10.6 Å². The zero-order chi connectivity index (χ0) is 10.7. The van der Waals surface area contributed by atoms with Crippen LogP contribution in [-0.4, -0.2) is 28.6 Å². The Bertz CT molecular complexity index is 456. The van der Waals surface area contributed by atoms with E-state index in [1.165, 1.54) is 16.2 Å². The van der Waals surface area contributed by atoms with Crippen LogP contribution in [0.1, 0.15) is 0 Å². The number of hydrogen-bond donors (Lipinski definition) is 0. The summed E-state index contributed by atoms with van der Waals surface area (Å²) in [5.74, 6) is 0. The van der Waals surface area contributed by atoms with Crippen molar-refractivity contribution in [1.29, 1.82) is 0 Å². The molecule has 0 aliphatic rings. The molecule has 0 saturated carbocycles. The maximum absolute atomic E-state index is 10.5. The van der Waals surface area contributed by atoms with Gasteiger partial charge in [-0.3, -0.25) is 14.7 Å². The molecule has 2 aromatic rings. The summed E-state index contributed by atoms with van der Waals surface area (Å²) in [4.78, 5) is 15.9. The molecule has 0 radical (unpaired) electrons. The molecular weight excluding hydrogens is 212 g/mol. The Kier molecular flexibility index (Phi) is 2.68. The van der Waals surface area contributed by atoms with Crippen molar-refractivity contribution < 1.29 is 4.79 Å². The number of rotatable bonds is 3. The van der Waals surface area contributed by atoms with Crippen molar-refractivity contribution in [3.63, 3.8) is 0 Å². The van der Waals surface area contributed by atoms with E-state index in [9.17, 15) is 4.79 Å². The van der Waals surface area contributed by atoms with Crippen LogP contribution in [0.15, 0.2) is 24.5 Å². The van der Waals surface area contributed by atoms with Gasteiger partial charge in [0.1, 0.15) is 0 Å². The minimum absolute atomic E-state index is 0.573. The van der Waals surface area contributed by atoms with Gasteiger partial charge in [0, 0.05) is 25.0 Å². The van der Waals surface area contributed by atoms with Gasteiger partial charge < -0.3 is 0 Å². The predicted molar refractivity (Wildman–Crippen MR) is 57.6 cm³/mol. The van der Waals surface area contributed by atoms with Gasteiger partial charge in [-0.25, -0.2) is 0 Å². The van der Waals surface area contributed by atoms with E-state index in [1.54, 1.807) is 19.4 Å². The standard InChI is InChI=1S/C9H8N4OS/c1-13(6-14)9-12-11-8(15-9)7-3-2-4-10-5-7/h2-6H,1H3. The fraction of sp³-hybridized carbons (Fsp3) is 0.111. The molecule has 0 aromatic carbocycles. The molecule has 2 aromatic heterocycles. The highest BCUT2D eigenvalue weighted by Crippen LogP contribution is 2.26. The minimum Gasteiger partial charge on any atom is -0.292 e. The van der Waals surface area contributed by atoms with Crippen LogP contribution in [0.5, 0.6) is 0 Å². The number of nitrogens with zero attached hydrogens (tertiary/aromatic N) is 4. The summed E-state index contributed by atoms with van der Waals surface area (Å²) in [6.45, 7) is 0. The van der Waals surface area contributed by atoms with Crippen LogP contribution in [0, 0.1) is 0 Å². The van der Waals surface area contributed by atoms with Gasteiger partial charge in [0.25, 0.3) is 0 Å². The van der Waals surface area contributed by atoms with Crippen molar-refractivity contribution in [3.8, 4) is 10.6 Å². The predicted octanol–water partition coefficient (Wildman–Crippen LogP) is 1.19. The zero-order valence-corrected chi connectivity index (χ0v) is 8.81. The van der Waals surface area contributed by atoms with E-state index in [0.29, 0.717) is 11.5 Å². The molecule has 15 heavy (non-hydrogen) atoms. The number of pyridine rings is 1. The van der Waals surface area contributed by atoms with Gasteiger partial charge in [0.05, 0.1) is 0 Å². The third kappa shape index (κ3) is 1.99. The number of amides is 1. The van der Waals surface area contributed by atoms with Crippen LogP contribution < -0.4 is 4.90 Å². The highest BCUT2D eigenvalue weighted by Gasteiger charge is 2.09. The average Bonchev–Trinajstić information content (AvgIpc) is 2.78. The molecule has 1 amide bonds. The van der Waals surface area contributed by atoms with E-state index in [4.69, 9.17) is 0 Å². The topological polar surface area (TPSA) is 59.0 Å². The third-order valence-corrected chi connectivity index (χ3v) is 2.85. The van der Waals surface area contributed by atoms with Gasteiger partial charge in [0.2, 0.25) is 11.5 Å². The van der Waals surface area contributed by atoms with E-state index in [-0.39, 0.29) is 0 Å². The summed E-state index contributed by atoms with van der Waals surface area (Å²) < 4.78 is 0. The second-order valence-electron chi connectivity index (χ2n) is 2.85. The number of carbonyl (C=O) groups is 1. The van der Waals surface area contributed by atoms with E-state index in [0.717, 1.165) is 10.6 Å². The average molecular weight is 220 g/mol. The Hall–Kier alpha value is -1.82. The number of anilines is 1. The molecule has 0 N–H and O–H groups in total. The molecule has 0 fully saturated rings. The molecule has 6 heteroatoms. The van der Waals surface area contributed by atoms with Crippen LogP contribution in [0.2, 0.25) is 0 Å². The molecule has 76 valence electrons. The first-order valence-corrected chi connectivity index (χ1v) is 5.05. The first-order chi connectivity index (χ1) is 7.31. The lowest BCUT2D eigenvalue weighted by Crippen LogP contribution is -2.12. The van der Waals surface area contributed by atoms with Crippen molar-refractivity contribution in [1.82, 2.24) is 15.2 Å². The van der Waals surface area contributed by atoms with E-state index < -0.39 is 0 Å². The molecule has 0 unspecified atom stereocenters. The molecular formula is C9H8N4OS. The second kappa shape index (κ2) is 4.14. The normalized spacial score (nSPS) is 9.93. The summed E-state index contributed by atoms with van der Waals surface area (Å²) in [7, 11) is 1.64. The quantitative estimate of drug-likeness (QED) is 0.729. The van der Waals surface area contributed by atoms with E-state index >= 15 is 0 Å². The van der Waals surface area contributed by atoms with Crippen LogP contribution in [0.4, 0.5) is 5.13 Å². The maximum atomic E-state index is 10.5. The second-order valence-corrected chi connectivity index (χ2v) is 3.80. The van der Waals surface area contributed by atoms with Crippen molar-refractivity contribution in [3.05, 3.63) is 24.5 Å². The summed E-state index contributed by atoms with van der Waals surface area (Å²) in [5.41, 5.74) is 0.903. The molecule has 0 bridgehead atoms. The minimum atomic E-state index is 0.573. The van der Waals surface area contributed by atoms with E-state index in [2.05, 4.69) is 15.2 Å². The highest BCUT2D eigenvalue weighted by molar-refractivity contribution is 7.18. The van der Waals surface area contributed by atoms with Crippen LogP contribution in [-0.2, 0) is 4.79 Å². The Labute approximate surface area is 90.4 Å². The number of hydrogen-bond acceptors (Lipinski definition) is 5. The highest BCUT2D eigenvalue weighted by atomic mass is 32.1. The largest absolute Gasteiger partial charge is 0.292 e.